The molecule has 0 aliphatic heterocycles. The van der Waals surface area contributed by atoms with Crippen molar-refractivity contribution in [2.75, 3.05) is 0 Å². The third kappa shape index (κ3) is 25.0. The van der Waals surface area contributed by atoms with Crippen molar-refractivity contribution in [2.45, 2.75) is 107 Å². The fourth-order valence-electron chi connectivity index (χ4n) is 1.79. The zero-order chi connectivity index (χ0) is 14.7. The van der Waals surface area contributed by atoms with Crippen LogP contribution in [-0.2, 0) is 0 Å². The molecule has 0 N–H and O–H groups in total. The Kier molecular flexibility index (Phi) is 12.3. The first-order valence-corrected chi connectivity index (χ1v) is 8.12. The van der Waals surface area contributed by atoms with Gasteiger partial charge in [0.15, 0.2) is 0 Å². The van der Waals surface area contributed by atoms with E-state index in [4.69, 9.17) is 0 Å². The molecule has 0 heteroatoms. The molecular formula is C18H40. The molecule has 0 heterocycles. The van der Waals surface area contributed by atoms with Gasteiger partial charge in [-0.1, -0.05) is 93.9 Å². The van der Waals surface area contributed by atoms with Crippen LogP contribution in [0.25, 0.3) is 0 Å². The van der Waals surface area contributed by atoms with Gasteiger partial charge in [-0.05, 0) is 23.7 Å². The van der Waals surface area contributed by atoms with Gasteiger partial charge in [-0.15, -0.1) is 0 Å². The van der Waals surface area contributed by atoms with Gasteiger partial charge in [0.25, 0.3) is 0 Å². The van der Waals surface area contributed by atoms with Gasteiger partial charge in [0, 0.05) is 0 Å². The summed E-state index contributed by atoms with van der Waals surface area (Å²) >= 11 is 0. The van der Waals surface area contributed by atoms with Crippen LogP contribution in [-0.4, -0.2) is 0 Å². The molecule has 0 aromatic heterocycles. The normalized spacial score (nSPS) is 12.0. The Morgan fingerprint density at radius 1 is 0.500 bits per heavy atom. The molecule has 0 aliphatic carbocycles. The molecule has 0 aromatic rings. The lowest BCUT2D eigenvalue weighted by atomic mass is 9.89. The Morgan fingerprint density at radius 3 is 1.17 bits per heavy atom. The fourth-order valence-corrected chi connectivity index (χ4v) is 1.79. The molecule has 0 rings (SSSR count). The number of hydrogen-bond acceptors (Lipinski definition) is 0. The van der Waals surface area contributed by atoms with Crippen molar-refractivity contribution in [1.29, 1.82) is 0 Å². The van der Waals surface area contributed by atoms with Gasteiger partial charge in [0.05, 0.1) is 0 Å². The highest BCUT2D eigenvalue weighted by molar-refractivity contribution is 4.60. The smallest absolute Gasteiger partial charge is 0.0383 e. The van der Waals surface area contributed by atoms with Crippen molar-refractivity contribution in [3.05, 3.63) is 0 Å². The van der Waals surface area contributed by atoms with E-state index in [0.29, 0.717) is 10.8 Å². The van der Waals surface area contributed by atoms with E-state index in [-0.39, 0.29) is 0 Å². The fraction of sp³-hybridized carbons (Fsp3) is 1.00. The van der Waals surface area contributed by atoms with Crippen molar-refractivity contribution < 1.29 is 0 Å². The minimum absolute atomic E-state index is 0.549. The van der Waals surface area contributed by atoms with Crippen molar-refractivity contribution in [1.82, 2.24) is 0 Å². The summed E-state index contributed by atoms with van der Waals surface area (Å²) in [6.45, 7) is 18.3. The van der Waals surface area contributed by atoms with Crippen LogP contribution in [0.1, 0.15) is 107 Å². The molecule has 0 aromatic carbocycles. The summed E-state index contributed by atoms with van der Waals surface area (Å²) in [5, 5.41) is 0. The minimum atomic E-state index is 0.549. The van der Waals surface area contributed by atoms with Crippen LogP contribution in [0.4, 0.5) is 0 Å². The molecule has 0 saturated carbocycles. The topological polar surface area (TPSA) is 0 Å². The van der Waals surface area contributed by atoms with Crippen LogP contribution in [0.2, 0.25) is 0 Å². The molecule has 0 amide bonds. The first kappa shape index (κ1) is 20.3. The third-order valence-electron chi connectivity index (χ3n) is 3.06. The van der Waals surface area contributed by atoms with E-state index in [1.54, 1.807) is 0 Å². The lowest BCUT2D eigenvalue weighted by Crippen LogP contribution is -2.03. The highest BCUT2D eigenvalue weighted by atomic mass is 14.1. The largest absolute Gasteiger partial charge is 0.0654 e. The maximum absolute atomic E-state index is 2.32. The molecule has 0 unspecified atom stereocenters. The van der Waals surface area contributed by atoms with Gasteiger partial charge < -0.3 is 0 Å². The van der Waals surface area contributed by atoms with Crippen LogP contribution in [0.15, 0.2) is 0 Å². The van der Waals surface area contributed by atoms with Gasteiger partial charge in [-0.2, -0.15) is 0 Å². The summed E-state index contributed by atoms with van der Waals surface area (Å²) < 4.78 is 0. The monoisotopic (exact) mass is 256 g/mol. The van der Waals surface area contributed by atoms with Gasteiger partial charge in [-0.3, -0.25) is 0 Å². The maximum Gasteiger partial charge on any atom is -0.0383 e. The van der Waals surface area contributed by atoms with Crippen molar-refractivity contribution >= 4 is 0 Å². The van der Waals surface area contributed by atoms with Crippen LogP contribution < -0.4 is 0 Å². The zero-order valence-electron chi connectivity index (χ0n) is 14.7. The van der Waals surface area contributed by atoms with E-state index in [0.717, 1.165) is 0 Å². The van der Waals surface area contributed by atoms with Crippen LogP contribution in [0.3, 0.4) is 0 Å². The molecule has 112 valence electrons. The SMILES string of the molecule is CCCCC(C)(C)C.CCCCCCC(C)(C)C. The molecule has 0 fully saturated rings. The van der Waals surface area contributed by atoms with Crippen LogP contribution >= 0.6 is 0 Å². The minimum Gasteiger partial charge on any atom is -0.0654 e. The zero-order valence-corrected chi connectivity index (χ0v) is 14.7. The molecule has 0 aliphatic rings. The first-order chi connectivity index (χ1) is 8.12. The van der Waals surface area contributed by atoms with Gasteiger partial charge in [-0.25, -0.2) is 0 Å². The van der Waals surface area contributed by atoms with E-state index < -0.39 is 0 Å². The summed E-state index contributed by atoms with van der Waals surface area (Å²) in [4.78, 5) is 0. The summed E-state index contributed by atoms with van der Waals surface area (Å²) in [7, 11) is 0. The van der Waals surface area contributed by atoms with Crippen molar-refractivity contribution in [2.24, 2.45) is 10.8 Å². The predicted octanol–water partition coefficient (Wildman–Crippen LogP) is 7.23. The van der Waals surface area contributed by atoms with E-state index in [1.165, 1.54) is 51.4 Å². The predicted molar refractivity (Wildman–Crippen MR) is 87.2 cm³/mol. The van der Waals surface area contributed by atoms with E-state index in [9.17, 15) is 0 Å². The van der Waals surface area contributed by atoms with Gasteiger partial charge >= 0.3 is 0 Å². The van der Waals surface area contributed by atoms with Crippen molar-refractivity contribution in [3.8, 4) is 0 Å². The number of hydrogen-bond donors (Lipinski definition) is 0. The second-order valence-electron chi connectivity index (χ2n) is 8.04. The van der Waals surface area contributed by atoms with E-state index in [1.807, 2.05) is 0 Å². The standard InChI is InChI=1S/C10H22.C8H18/c1-5-6-7-8-9-10(2,3)4;1-5-6-7-8(2,3)4/h5-9H2,1-4H3;5-7H2,1-4H3. The van der Waals surface area contributed by atoms with Gasteiger partial charge in [0.1, 0.15) is 0 Å². The molecule has 18 heavy (non-hydrogen) atoms. The molecule has 0 atom stereocenters. The Bertz CT molecular complexity index is 154. The summed E-state index contributed by atoms with van der Waals surface area (Å²) in [6, 6.07) is 0. The van der Waals surface area contributed by atoms with Crippen LogP contribution in [0.5, 0.6) is 0 Å². The molecule has 0 saturated heterocycles. The van der Waals surface area contributed by atoms with E-state index in [2.05, 4.69) is 55.4 Å². The molecule has 0 spiro atoms. The third-order valence-corrected chi connectivity index (χ3v) is 3.06. The maximum atomic E-state index is 2.32. The Labute approximate surface area is 118 Å². The highest BCUT2D eigenvalue weighted by Crippen LogP contribution is 2.22. The molecule has 0 nitrogen and oxygen atoms in total. The number of unbranched alkanes of at least 4 members (excludes halogenated alkanes) is 4. The quantitative estimate of drug-likeness (QED) is 0.440. The Morgan fingerprint density at radius 2 is 0.889 bits per heavy atom. The average molecular weight is 257 g/mol. The second-order valence-corrected chi connectivity index (χ2v) is 8.04. The molecular weight excluding hydrogens is 216 g/mol. The summed E-state index contributed by atoms with van der Waals surface area (Å²) in [5.74, 6) is 0. The lowest BCUT2D eigenvalue weighted by Gasteiger charge is -2.17. The Balaban J connectivity index is 0. The molecule has 0 bridgehead atoms. The highest BCUT2D eigenvalue weighted by Gasteiger charge is 2.08. The summed E-state index contributed by atoms with van der Waals surface area (Å²) in [6.07, 6.45) is 11.1. The van der Waals surface area contributed by atoms with Gasteiger partial charge in [0.2, 0.25) is 0 Å². The van der Waals surface area contributed by atoms with Crippen molar-refractivity contribution in [3.63, 3.8) is 0 Å². The Hall–Kier alpha value is 0. The average Bonchev–Trinajstić information content (AvgIpc) is 2.20. The summed E-state index contributed by atoms with van der Waals surface area (Å²) in [5.41, 5.74) is 1.10. The number of rotatable bonds is 6. The van der Waals surface area contributed by atoms with Crippen LogP contribution in [0, 0.1) is 10.8 Å². The first-order valence-electron chi connectivity index (χ1n) is 8.12. The van der Waals surface area contributed by atoms with E-state index >= 15 is 0 Å². The molecule has 0 radical (unpaired) electrons. The second kappa shape index (κ2) is 10.9. The lowest BCUT2D eigenvalue weighted by molar-refractivity contribution is 0.358.